The molecule has 0 spiro atoms. The van der Waals surface area contributed by atoms with Crippen molar-refractivity contribution < 1.29 is 40.5 Å². The molecule has 0 N–H and O–H groups in total. The van der Waals surface area contributed by atoms with Crippen LogP contribution < -0.4 is 0 Å². The molecule has 0 aromatic rings. The first-order chi connectivity index (χ1) is 4.16. The van der Waals surface area contributed by atoms with Crippen molar-refractivity contribution in [2.75, 3.05) is 6.61 Å². The maximum atomic E-state index is 10.4. The van der Waals surface area contributed by atoms with Crippen LogP contribution in [0.2, 0.25) is 0 Å². The Morgan fingerprint density at radius 2 is 1.90 bits per heavy atom. The van der Waals surface area contributed by atoms with Crippen LogP contribution in [0.3, 0.4) is 0 Å². The molecule has 0 saturated heterocycles. The number of rotatable bonds is 3. The van der Waals surface area contributed by atoms with Gasteiger partial charge in [-0.2, -0.15) is 0 Å². The molecule has 3 nitrogen and oxygen atoms in total. The summed E-state index contributed by atoms with van der Waals surface area (Å²) in [7, 11) is 0. The van der Waals surface area contributed by atoms with Crippen molar-refractivity contribution in [3.63, 3.8) is 0 Å². The van der Waals surface area contributed by atoms with Gasteiger partial charge in [-0.3, -0.25) is 9.59 Å². The van der Waals surface area contributed by atoms with E-state index in [-0.39, 0.29) is 38.4 Å². The Labute approximate surface area is 79.2 Å². The minimum Gasteiger partial charge on any atom is -0.466 e. The van der Waals surface area contributed by atoms with E-state index in [9.17, 15) is 9.59 Å². The Balaban J connectivity index is 0. The number of esters is 1. The second kappa shape index (κ2) is 7.13. The molecule has 0 amide bonds. The van der Waals surface area contributed by atoms with Crippen molar-refractivity contribution in [2.45, 2.75) is 20.3 Å². The summed E-state index contributed by atoms with van der Waals surface area (Å²) in [5.41, 5.74) is 0. The first-order valence-corrected chi connectivity index (χ1v) is 2.82. The standard InChI is InChI=1S/C6H10O3.Zr/c1-3-9-6(8)4-5(2)7;/h3-4H2,1-2H3;/q;+2. The molecule has 0 fully saturated rings. The number of carbonyl (C=O) groups is 2. The van der Waals surface area contributed by atoms with Gasteiger partial charge >= 0.3 is 32.2 Å². The number of carbonyl (C=O) groups excluding carboxylic acids is 2. The molecule has 0 aliphatic rings. The second-order valence-corrected chi connectivity index (χ2v) is 1.68. The minimum absolute atomic E-state index is 0. The molecule has 0 saturated carbocycles. The van der Waals surface area contributed by atoms with E-state index in [2.05, 4.69) is 4.74 Å². The van der Waals surface area contributed by atoms with Gasteiger partial charge in [0, 0.05) is 0 Å². The summed E-state index contributed by atoms with van der Waals surface area (Å²) < 4.78 is 4.49. The van der Waals surface area contributed by atoms with Crippen molar-refractivity contribution in [2.24, 2.45) is 0 Å². The molecule has 0 aromatic heterocycles. The molecule has 10 heavy (non-hydrogen) atoms. The Morgan fingerprint density at radius 3 is 2.20 bits per heavy atom. The van der Waals surface area contributed by atoms with E-state index in [4.69, 9.17) is 0 Å². The Morgan fingerprint density at radius 1 is 1.40 bits per heavy atom. The number of hydrogen-bond donors (Lipinski definition) is 0. The molecule has 0 radical (unpaired) electrons. The molecule has 0 aliphatic heterocycles. The van der Waals surface area contributed by atoms with Crippen molar-refractivity contribution in [3.8, 4) is 0 Å². The summed E-state index contributed by atoms with van der Waals surface area (Å²) >= 11 is 0. The molecule has 0 rings (SSSR count). The molecule has 4 heteroatoms. The van der Waals surface area contributed by atoms with Crippen LogP contribution in [-0.4, -0.2) is 18.4 Å². The number of ether oxygens (including phenoxy) is 1. The van der Waals surface area contributed by atoms with Crippen LogP contribution >= 0.6 is 0 Å². The Bertz CT molecular complexity index is 122. The summed E-state index contributed by atoms with van der Waals surface area (Å²) in [6.07, 6.45) is -0.103. The fourth-order valence-electron chi connectivity index (χ4n) is 0.415. The van der Waals surface area contributed by atoms with Crippen molar-refractivity contribution in [1.82, 2.24) is 0 Å². The number of Topliss-reactive ketones (excluding diaryl/α,β-unsaturated/α-hetero) is 1. The second-order valence-electron chi connectivity index (χ2n) is 1.68. The fourth-order valence-corrected chi connectivity index (χ4v) is 0.415. The van der Waals surface area contributed by atoms with E-state index in [0.29, 0.717) is 6.61 Å². The van der Waals surface area contributed by atoms with Crippen molar-refractivity contribution in [1.29, 1.82) is 0 Å². The van der Waals surface area contributed by atoms with Crippen LogP contribution in [0, 0.1) is 0 Å². The average Bonchev–Trinajstić information content (AvgIpc) is 1.63. The quantitative estimate of drug-likeness (QED) is 0.516. The van der Waals surface area contributed by atoms with E-state index in [1.807, 2.05) is 0 Å². The van der Waals surface area contributed by atoms with Crippen LogP contribution in [-0.2, 0) is 40.5 Å². The average molecular weight is 221 g/mol. The molecule has 54 valence electrons. The smallest absolute Gasteiger partial charge is 0.466 e. The SMILES string of the molecule is CCOC(=O)CC(C)=O.[Zr+2]. The van der Waals surface area contributed by atoms with E-state index in [0.717, 1.165) is 0 Å². The van der Waals surface area contributed by atoms with E-state index >= 15 is 0 Å². The third kappa shape index (κ3) is 8.02. The molecule has 0 heterocycles. The Hall–Kier alpha value is 0.0231. The number of hydrogen-bond acceptors (Lipinski definition) is 3. The Kier molecular flexibility index (Phi) is 9.04. The summed E-state index contributed by atoms with van der Waals surface area (Å²) in [5, 5.41) is 0. The molecule has 0 aromatic carbocycles. The maximum absolute atomic E-state index is 10.4. The molecule has 0 bridgehead atoms. The summed E-state index contributed by atoms with van der Waals surface area (Å²) in [4.78, 5) is 20.6. The van der Waals surface area contributed by atoms with Gasteiger partial charge in [-0.1, -0.05) is 0 Å². The van der Waals surface area contributed by atoms with E-state index in [1.165, 1.54) is 6.92 Å². The predicted octanol–water partition coefficient (Wildman–Crippen LogP) is 0.526. The molecule has 0 unspecified atom stereocenters. The van der Waals surface area contributed by atoms with Gasteiger partial charge in [-0.25, -0.2) is 0 Å². The van der Waals surface area contributed by atoms with Crippen LogP contribution in [0.15, 0.2) is 0 Å². The van der Waals surface area contributed by atoms with E-state index < -0.39 is 5.97 Å². The van der Waals surface area contributed by atoms with Gasteiger partial charge < -0.3 is 4.74 Å². The zero-order valence-corrected chi connectivity index (χ0v) is 8.60. The first-order valence-electron chi connectivity index (χ1n) is 2.82. The minimum atomic E-state index is -0.440. The monoisotopic (exact) mass is 220 g/mol. The summed E-state index contributed by atoms with van der Waals surface area (Å²) in [6, 6.07) is 0. The molecular weight excluding hydrogens is 211 g/mol. The maximum Gasteiger partial charge on any atom is 2.00 e. The van der Waals surface area contributed by atoms with Crippen LogP contribution in [0.1, 0.15) is 20.3 Å². The van der Waals surface area contributed by atoms with Gasteiger partial charge in [0.1, 0.15) is 12.2 Å². The van der Waals surface area contributed by atoms with Crippen LogP contribution in [0.5, 0.6) is 0 Å². The van der Waals surface area contributed by atoms with Gasteiger partial charge in [0.25, 0.3) is 0 Å². The fraction of sp³-hybridized carbons (Fsp3) is 0.667. The predicted molar refractivity (Wildman–Crippen MR) is 31.9 cm³/mol. The third-order valence-corrected chi connectivity index (χ3v) is 0.699. The van der Waals surface area contributed by atoms with E-state index in [1.54, 1.807) is 6.92 Å². The van der Waals surface area contributed by atoms with Crippen molar-refractivity contribution in [3.05, 3.63) is 0 Å². The molecular formula is C6H10O3Zr+2. The van der Waals surface area contributed by atoms with Gasteiger partial charge in [0.2, 0.25) is 0 Å². The zero-order chi connectivity index (χ0) is 7.28. The van der Waals surface area contributed by atoms with Gasteiger partial charge in [-0.15, -0.1) is 0 Å². The van der Waals surface area contributed by atoms with Crippen molar-refractivity contribution >= 4 is 11.8 Å². The van der Waals surface area contributed by atoms with Gasteiger partial charge in [0.05, 0.1) is 6.61 Å². The molecule has 0 aliphatic carbocycles. The van der Waals surface area contributed by atoms with Gasteiger partial charge in [-0.05, 0) is 13.8 Å². The van der Waals surface area contributed by atoms with Crippen LogP contribution in [0.4, 0.5) is 0 Å². The molecule has 0 atom stereocenters. The third-order valence-electron chi connectivity index (χ3n) is 0.699. The largest absolute Gasteiger partial charge is 2.00 e. The summed E-state index contributed by atoms with van der Waals surface area (Å²) in [5.74, 6) is -0.599. The van der Waals surface area contributed by atoms with Gasteiger partial charge in [0.15, 0.2) is 0 Å². The topological polar surface area (TPSA) is 43.4 Å². The zero-order valence-electron chi connectivity index (χ0n) is 6.14. The summed E-state index contributed by atoms with van der Waals surface area (Å²) in [6.45, 7) is 3.40. The normalized spacial score (nSPS) is 7.80. The first kappa shape index (κ1) is 12.7. The van der Waals surface area contributed by atoms with Crippen LogP contribution in [0.25, 0.3) is 0 Å². The number of ketones is 1.